The van der Waals surface area contributed by atoms with Gasteiger partial charge in [-0.05, 0) is 38.3 Å². The zero-order valence-corrected chi connectivity index (χ0v) is 15.6. The molecule has 1 aromatic carbocycles. The molecule has 0 saturated carbocycles. The summed E-state index contributed by atoms with van der Waals surface area (Å²) in [5.41, 5.74) is 3.29. The number of aryl methyl sites for hydroxylation is 2. The molecule has 3 rings (SSSR count). The van der Waals surface area contributed by atoms with Crippen LogP contribution in [0.2, 0.25) is 0 Å². The predicted molar refractivity (Wildman–Crippen MR) is 102 cm³/mol. The van der Waals surface area contributed by atoms with Gasteiger partial charge in [0.05, 0.1) is 11.4 Å². The van der Waals surface area contributed by atoms with Crippen molar-refractivity contribution in [3.63, 3.8) is 0 Å². The number of rotatable bonds is 7. The Labute approximate surface area is 153 Å². The molecule has 1 aromatic heterocycles. The van der Waals surface area contributed by atoms with Crippen LogP contribution in [0.15, 0.2) is 34.9 Å². The van der Waals surface area contributed by atoms with E-state index in [0.29, 0.717) is 11.7 Å². The molecule has 1 aliphatic rings. The van der Waals surface area contributed by atoms with E-state index in [2.05, 4.69) is 39.6 Å². The molecule has 6 heteroatoms. The standard InChI is InChI=1S/C19H25N3O2S/c1-14-18(15(2)24-21-14)12-25-13-19(23)20-10-16-8-9-22(11-16)17-6-4-3-5-7-17/h3-7,16H,8-13H2,1-2H3,(H,20,23). The van der Waals surface area contributed by atoms with E-state index in [4.69, 9.17) is 4.52 Å². The lowest BCUT2D eigenvalue weighted by atomic mass is 10.1. The van der Waals surface area contributed by atoms with Gasteiger partial charge in [-0.2, -0.15) is 0 Å². The smallest absolute Gasteiger partial charge is 0.230 e. The third-order valence-electron chi connectivity index (χ3n) is 4.66. The number of benzene rings is 1. The first kappa shape index (κ1) is 17.9. The largest absolute Gasteiger partial charge is 0.371 e. The van der Waals surface area contributed by atoms with Crippen LogP contribution in [0.4, 0.5) is 5.69 Å². The Morgan fingerprint density at radius 3 is 2.88 bits per heavy atom. The molecular weight excluding hydrogens is 334 g/mol. The molecule has 2 aromatic rings. The van der Waals surface area contributed by atoms with Gasteiger partial charge in [0.2, 0.25) is 5.91 Å². The highest BCUT2D eigenvalue weighted by Gasteiger charge is 2.22. The summed E-state index contributed by atoms with van der Waals surface area (Å²) in [5.74, 6) is 2.71. The Hall–Kier alpha value is -1.95. The number of hydrogen-bond acceptors (Lipinski definition) is 5. The van der Waals surface area contributed by atoms with Crippen molar-refractivity contribution in [1.29, 1.82) is 0 Å². The maximum absolute atomic E-state index is 12.1. The van der Waals surface area contributed by atoms with Crippen LogP contribution in [0.1, 0.15) is 23.4 Å². The van der Waals surface area contributed by atoms with Crippen molar-refractivity contribution in [3.05, 3.63) is 47.3 Å². The zero-order chi connectivity index (χ0) is 17.6. The maximum atomic E-state index is 12.1. The summed E-state index contributed by atoms with van der Waals surface area (Å²) in [6.45, 7) is 6.68. The van der Waals surface area contributed by atoms with Gasteiger partial charge in [0.25, 0.3) is 0 Å². The minimum atomic E-state index is 0.106. The van der Waals surface area contributed by atoms with Crippen LogP contribution in [0, 0.1) is 19.8 Å². The molecule has 134 valence electrons. The highest BCUT2D eigenvalue weighted by molar-refractivity contribution is 7.99. The van der Waals surface area contributed by atoms with Gasteiger partial charge in [-0.1, -0.05) is 23.4 Å². The van der Waals surface area contributed by atoms with Crippen LogP contribution in [0.5, 0.6) is 0 Å². The number of nitrogens with one attached hydrogen (secondary N) is 1. The molecular formula is C19H25N3O2S. The Kier molecular flexibility index (Phi) is 6.02. The average Bonchev–Trinajstić information content (AvgIpc) is 3.22. The van der Waals surface area contributed by atoms with Crippen LogP contribution in [-0.2, 0) is 10.5 Å². The first-order valence-electron chi connectivity index (χ1n) is 8.69. The number of aromatic nitrogens is 1. The molecule has 1 aliphatic heterocycles. The number of carbonyl (C=O) groups is 1. The van der Waals surface area contributed by atoms with Crippen molar-refractivity contribution in [1.82, 2.24) is 10.5 Å². The second-order valence-electron chi connectivity index (χ2n) is 6.54. The highest BCUT2D eigenvalue weighted by atomic mass is 32.2. The Bertz CT molecular complexity index is 682. The Morgan fingerprint density at radius 1 is 1.36 bits per heavy atom. The number of amides is 1. The number of nitrogens with zero attached hydrogens (tertiary/aromatic N) is 2. The van der Waals surface area contributed by atoms with E-state index < -0.39 is 0 Å². The number of thioether (sulfide) groups is 1. The summed E-state index contributed by atoms with van der Waals surface area (Å²) in [7, 11) is 0. The van der Waals surface area contributed by atoms with E-state index >= 15 is 0 Å². The minimum Gasteiger partial charge on any atom is -0.371 e. The minimum absolute atomic E-state index is 0.106. The lowest BCUT2D eigenvalue weighted by Crippen LogP contribution is -2.32. The molecule has 1 amide bonds. The summed E-state index contributed by atoms with van der Waals surface area (Å²) >= 11 is 1.60. The third kappa shape index (κ3) is 4.78. The van der Waals surface area contributed by atoms with Gasteiger partial charge in [-0.3, -0.25) is 4.79 Å². The summed E-state index contributed by atoms with van der Waals surface area (Å²) in [6, 6.07) is 10.5. The van der Waals surface area contributed by atoms with E-state index in [1.54, 1.807) is 11.8 Å². The molecule has 1 fully saturated rings. The summed E-state index contributed by atoms with van der Waals surface area (Å²) in [6.07, 6.45) is 1.13. The van der Waals surface area contributed by atoms with Gasteiger partial charge >= 0.3 is 0 Å². The van der Waals surface area contributed by atoms with Gasteiger partial charge in [-0.15, -0.1) is 11.8 Å². The lowest BCUT2D eigenvalue weighted by molar-refractivity contribution is -0.118. The molecule has 1 saturated heterocycles. The fraction of sp³-hybridized carbons (Fsp3) is 0.474. The predicted octanol–water partition coefficient (Wildman–Crippen LogP) is 3.17. The van der Waals surface area contributed by atoms with Crippen molar-refractivity contribution in [2.75, 3.05) is 30.3 Å². The average molecular weight is 359 g/mol. The Balaban J connectivity index is 1.36. The molecule has 2 heterocycles. The summed E-state index contributed by atoms with van der Waals surface area (Å²) < 4.78 is 5.15. The van der Waals surface area contributed by atoms with Gasteiger partial charge < -0.3 is 14.7 Å². The van der Waals surface area contributed by atoms with Crippen LogP contribution < -0.4 is 10.2 Å². The number of para-hydroxylation sites is 1. The van der Waals surface area contributed by atoms with Crippen LogP contribution in [0.3, 0.4) is 0 Å². The fourth-order valence-electron chi connectivity index (χ4n) is 3.14. The van der Waals surface area contributed by atoms with Gasteiger partial charge in [0, 0.05) is 36.6 Å². The lowest BCUT2D eigenvalue weighted by Gasteiger charge is -2.18. The highest BCUT2D eigenvalue weighted by Crippen LogP contribution is 2.23. The SMILES string of the molecule is Cc1noc(C)c1CSCC(=O)NCC1CCN(c2ccccc2)C1. The van der Waals surface area contributed by atoms with Crippen molar-refractivity contribution in [2.45, 2.75) is 26.0 Å². The number of carbonyl (C=O) groups excluding carboxylic acids is 1. The van der Waals surface area contributed by atoms with Crippen molar-refractivity contribution in [2.24, 2.45) is 5.92 Å². The van der Waals surface area contributed by atoms with E-state index in [0.717, 1.165) is 48.8 Å². The van der Waals surface area contributed by atoms with Crippen molar-refractivity contribution < 1.29 is 9.32 Å². The molecule has 1 N–H and O–H groups in total. The van der Waals surface area contributed by atoms with E-state index in [1.807, 2.05) is 19.9 Å². The van der Waals surface area contributed by atoms with E-state index in [1.165, 1.54) is 5.69 Å². The quantitative estimate of drug-likeness (QED) is 0.823. The molecule has 5 nitrogen and oxygen atoms in total. The van der Waals surface area contributed by atoms with E-state index in [-0.39, 0.29) is 5.91 Å². The van der Waals surface area contributed by atoms with E-state index in [9.17, 15) is 4.79 Å². The number of hydrogen-bond donors (Lipinski definition) is 1. The molecule has 1 atom stereocenters. The Morgan fingerprint density at radius 2 is 2.16 bits per heavy atom. The zero-order valence-electron chi connectivity index (χ0n) is 14.8. The normalized spacial score (nSPS) is 17.0. The molecule has 0 aliphatic carbocycles. The monoisotopic (exact) mass is 359 g/mol. The second kappa shape index (κ2) is 8.43. The molecule has 0 spiro atoms. The van der Waals surface area contributed by atoms with Gasteiger partial charge in [0.15, 0.2) is 0 Å². The summed E-state index contributed by atoms with van der Waals surface area (Å²) in [5, 5.41) is 7.02. The van der Waals surface area contributed by atoms with Crippen LogP contribution in [-0.4, -0.2) is 36.5 Å². The molecule has 0 bridgehead atoms. The van der Waals surface area contributed by atoms with Crippen molar-refractivity contribution >= 4 is 23.4 Å². The topological polar surface area (TPSA) is 58.4 Å². The number of anilines is 1. The second-order valence-corrected chi connectivity index (χ2v) is 7.52. The van der Waals surface area contributed by atoms with Gasteiger partial charge in [0.1, 0.15) is 5.76 Å². The fourth-order valence-corrected chi connectivity index (χ4v) is 4.14. The molecule has 25 heavy (non-hydrogen) atoms. The van der Waals surface area contributed by atoms with Gasteiger partial charge in [-0.25, -0.2) is 0 Å². The molecule has 1 unspecified atom stereocenters. The maximum Gasteiger partial charge on any atom is 0.230 e. The first-order chi connectivity index (χ1) is 12.1. The van der Waals surface area contributed by atoms with Crippen molar-refractivity contribution in [3.8, 4) is 0 Å². The molecule has 0 radical (unpaired) electrons. The van der Waals surface area contributed by atoms with Crippen LogP contribution >= 0.6 is 11.8 Å². The van der Waals surface area contributed by atoms with Crippen LogP contribution in [0.25, 0.3) is 0 Å². The first-order valence-corrected chi connectivity index (χ1v) is 9.85. The third-order valence-corrected chi connectivity index (χ3v) is 5.61. The summed E-state index contributed by atoms with van der Waals surface area (Å²) in [4.78, 5) is 14.5.